The fraction of sp³-hybridized carbons (Fsp3) is 0.130. The number of nitrogens with zero attached hydrogens (tertiary/aromatic N) is 2. The molecular formula is C23H20BrN3O. The Morgan fingerprint density at radius 3 is 2.54 bits per heavy atom. The van der Waals surface area contributed by atoms with Crippen LogP contribution in [-0.4, -0.2) is 22.0 Å². The third-order valence-corrected chi connectivity index (χ3v) is 5.24. The SMILES string of the molecule is Cc1nc2cc(C(=O)NCCc3ccccc3)ccc2n1-c1ccc(Br)cc1. The van der Waals surface area contributed by atoms with Crippen molar-refractivity contribution in [3.05, 3.63) is 94.2 Å². The number of nitrogens with one attached hydrogen (secondary N) is 1. The lowest BCUT2D eigenvalue weighted by Crippen LogP contribution is -2.25. The Hall–Kier alpha value is -2.92. The summed E-state index contributed by atoms with van der Waals surface area (Å²) in [6.07, 6.45) is 0.812. The third kappa shape index (κ3) is 3.85. The molecule has 0 radical (unpaired) electrons. The van der Waals surface area contributed by atoms with Gasteiger partial charge in [0.1, 0.15) is 5.82 Å². The van der Waals surface area contributed by atoms with Gasteiger partial charge in [-0.3, -0.25) is 9.36 Å². The Morgan fingerprint density at radius 1 is 1.04 bits per heavy atom. The highest BCUT2D eigenvalue weighted by atomic mass is 79.9. The van der Waals surface area contributed by atoms with Crippen LogP contribution in [0.15, 0.2) is 77.3 Å². The van der Waals surface area contributed by atoms with E-state index < -0.39 is 0 Å². The van der Waals surface area contributed by atoms with Crippen LogP contribution in [0.5, 0.6) is 0 Å². The van der Waals surface area contributed by atoms with Gasteiger partial charge >= 0.3 is 0 Å². The van der Waals surface area contributed by atoms with Crippen molar-refractivity contribution < 1.29 is 4.79 Å². The number of fused-ring (bicyclic) bond motifs is 1. The van der Waals surface area contributed by atoms with Crippen LogP contribution in [0.3, 0.4) is 0 Å². The number of carbonyl (C=O) groups is 1. The molecule has 4 nitrogen and oxygen atoms in total. The van der Waals surface area contributed by atoms with Crippen molar-refractivity contribution in [3.63, 3.8) is 0 Å². The summed E-state index contributed by atoms with van der Waals surface area (Å²) in [5.74, 6) is 0.813. The van der Waals surface area contributed by atoms with Gasteiger partial charge in [-0.05, 0) is 61.4 Å². The first-order valence-corrected chi connectivity index (χ1v) is 9.98. The summed E-state index contributed by atoms with van der Waals surface area (Å²) in [4.78, 5) is 17.2. The van der Waals surface area contributed by atoms with Gasteiger partial charge in [0.25, 0.3) is 5.91 Å². The van der Waals surface area contributed by atoms with Gasteiger partial charge in [0.05, 0.1) is 11.0 Å². The lowest BCUT2D eigenvalue weighted by atomic mass is 10.1. The molecule has 0 fully saturated rings. The number of aromatic nitrogens is 2. The van der Waals surface area contributed by atoms with Gasteiger partial charge in [0.15, 0.2) is 0 Å². The van der Waals surface area contributed by atoms with Gasteiger partial charge in [-0.1, -0.05) is 46.3 Å². The second kappa shape index (κ2) is 7.98. The zero-order valence-electron chi connectivity index (χ0n) is 15.5. The highest BCUT2D eigenvalue weighted by Crippen LogP contribution is 2.23. The number of carbonyl (C=O) groups excluding carboxylic acids is 1. The van der Waals surface area contributed by atoms with Crippen LogP contribution in [0.25, 0.3) is 16.7 Å². The monoisotopic (exact) mass is 433 g/mol. The first-order valence-electron chi connectivity index (χ1n) is 9.19. The smallest absolute Gasteiger partial charge is 0.251 e. The topological polar surface area (TPSA) is 46.9 Å². The molecular weight excluding hydrogens is 414 g/mol. The summed E-state index contributed by atoms with van der Waals surface area (Å²) in [7, 11) is 0. The van der Waals surface area contributed by atoms with Crippen LogP contribution in [0.4, 0.5) is 0 Å². The van der Waals surface area contributed by atoms with E-state index in [1.54, 1.807) is 0 Å². The molecule has 0 atom stereocenters. The molecule has 0 aliphatic carbocycles. The largest absolute Gasteiger partial charge is 0.352 e. The highest BCUT2D eigenvalue weighted by Gasteiger charge is 2.12. The van der Waals surface area contributed by atoms with Crippen LogP contribution in [-0.2, 0) is 6.42 Å². The maximum Gasteiger partial charge on any atom is 0.251 e. The molecule has 1 aromatic heterocycles. The first kappa shape index (κ1) is 18.4. The summed E-state index contributed by atoms with van der Waals surface area (Å²) in [6, 6.07) is 23.9. The molecule has 0 aliphatic heterocycles. The van der Waals surface area contributed by atoms with Crippen molar-refractivity contribution in [2.75, 3.05) is 6.54 Å². The molecule has 0 aliphatic rings. The van der Waals surface area contributed by atoms with Crippen LogP contribution >= 0.6 is 15.9 Å². The van der Waals surface area contributed by atoms with Crippen molar-refractivity contribution >= 4 is 32.9 Å². The summed E-state index contributed by atoms with van der Waals surface area (Å²) in [5, 5.41) is 2.99. The zero-order valence-corrected chi connectivity index (χ0v) is 17.1. The van der Waals surface area contributed by atoms with E-state index in [4.69, 9.17) is 0 Å². The number of hydrogen-bond donors (Lipinski definition) is 1. The van der Waals surface area contributed by atoms with E-state index >= 15 is 0 Å². The summed E-state index contributed by atoms with van der Waals surface area (Å²) in [6.45, 7) is 2.58. The number of benzene rings is 3. The van der Waals surface area contributed by atoms with Crippen molar-refractivity contribution in [1.29, 1.82) is 0 Å². The summed E-state index contributed by atoms with van der Waals surface area (Å²) < 4.78 is 3.13. The fourth-order valence-electron chi connectivity index (χ4n) is 3.33. The van der Waals surface area contributed by atoms with E-state index in [0.717, 1.165) is 33.4 Å². The molecule has 5 heteroatoms. The quantitative estimate of drug-likeness (QED) is 0.477. The van der Waals surface area contributed by atoms with Gasteiger partial charge in [0, 0.05) is 22.3 Å². The molecule has 28 heavy (non-hydrogen) atoms. The predicted octanol–water partition coefficient (Wildman–Crippen LogP) is 5.07. The molecule has 1 heterocycles. The van der Waals surface area contributed by atoms with E-state index in [2.05, 4.69) is 42.9 Å². The number of halogens is 1. The molecule has 0 bridgehead atoms. The van der Waals surface area contributed by atoms with Crippen LogP contribution < -0.4 is 5.32 Å². The second-order valence-electron chi connectivity index (χ2n) is 6.67. The molecule has 1 amide bonds. The van der Waals surface area contributed by atoms with Crippen molar-refractivity contribution in [3.8, 4) is 5.69 Å². The average molecular weight is 434 g/mol. The minimum absolute atomic E-state index is 0.0753. The van der Waals surface area contributed by atoms with Gasteiger partial charge in [-0.2, -0.15) is 0 Å². The van der Waals surface area contributed by atoms with E-state index in [1.807, 2.05) is 67.6 Å². The first-order chi connectivity index (χ1) is 13.6. The maximum atomic E-state index is 12.5. The van der Waals surface area contributed by atoms with Crippen LogP contribution in [0.2, 0.25) is 0 Å². The predicted molar refractivity (Wildman–Crippen MR) is 116 cm³/mol. The van der Waals surface area contributed by atoms with E-state index in [1.165, 1.54) is 5.56 Å². The van der Waals surface area contributed by atoms with Gasteiger partial charge < -0.3 is 5.32 Å². The molecule has 1 N–H and O–H groups in total. The molecule has 4 rings (SSSR count). The van der Waals surface area contributed by atoms with E-state index in [9.17, 15) is 4.79 Å². The zero-order chi connectivity index (χ0) is 19.5. The minimum Gasteiger partial charge on any atom is -0.352 e. The second-order valence-corrected chi connectivity index (χ2v) is 7.58. The third-order valence-electron chi connectivity index (χ3n) is 4.71. The lowest BCUT2D eigenvalue weighted by Gasteiger charge is -2.08. The molecule has 4 aromatic rings. The Balaban J connectivity index is 1.53. The van der Waals surface area contributed by atoms with Crippen molar-refractivity contribution in [2.45, 2.75) is 13.3 Å². The molecule has 0 spiro atoms. The maximum absolute atomic E-state index is 12.5. The van der Waals surface area contributed by atoms with E-state index in [-0.39, 0.29) is 5.91 Å². The number of aryl methyl sites for hydroxylation is 1. The highest BCUT2D eigenvalue weighted by molar-refractivity contribution is 9.10. The Bertz CT molecular complexity index is 1120. The van der Waals surface area contributed by atoms with E-state index in [0.29, 0.717) is 12.1 Å². The molecule has 3 aromatic carbocycles. The van der Waals surface area contributed by atoms with Gasteiger partial charge in [0.2, 0.25) is 0 Å². The minimum atomic E-state index is -0.0753. The van der Waals surface area contributed by atoms with Crippen molar-refractivity contribution in [2.24, 2.45) is 0 Å². The van der Waals surface area contributed by atoms with Gasteiger partial charge in [-0.25, -0.2) is 4.98 Å². The summed E-state index contributed by atoms with van der Waals surface area (Å²) >= 11 is 3.47. The van der Waals surface area contributed by atoms with Gasteiger partial charge in [-0.15, -0.1) is 0 Å². The average Bonchev–Trinajstić information content (AvgIpc) is 3.04. The molecule has 0 unspecified atom stereocenters. The molecule has 0 saturated heterocycles. The normalized spacial score (nSPS) is 10.9. The lowest BCUT2D eigenvalue weighted by molar-refractivity contribution is 0.0954. The Kier molecular flexibility index (Phi) is 5.26. The number of rotatable bonds is 5. The number of imidazole rings is 1. The molecule has 140 valence electrons. The fourth-order valence-corrected chi connectivity index (χ4v) is 3.59. The number of hydrogen-bond acceptors (Lipinski definition) is 2. The standard InChI is InChI=1S/C23H20BrN3O/c1-16-26-21-15-18(23(28)25-14-13-17-5-3-2-4-6-17)7-12-22(21)27(16)20-10-8-19(24)9-11-20/h2-12,15H,13-14H2,1H3,(H,25,28). The summed E-state index contributed by atoms with van der Waals surface area (Å²) in [5.41, 5.74) is 4.68. The van der Waals surface area contributed by atoms with Crippen LogP contribution in [0, 0.1) is 6.92 Å². The molecule has 0 saturated carbocycles. The number of amides is 1. The Labute approximate surface area is 172 Å². The van der Waals surface area contributed by atoms with Crippen molar-refractivity contribution in [1.82, 2.24) is 14.9 Å². The van der Waals surface area contributed by atoms with Crippen LogP contribution in [0.1, 0.15) is 21.7 Å². The Morgan fingerprint density at radius 2 is 1.79 bits per heavy atom.